The van der Waals surface area contributed by atoms with Gasteiger partial charge >= 0.3 is 0 Å². The first kappa shape index (κ1) is 14.0. The standard InChI is InChI=1S/C14H11BrClN5/c15-11-1-3-13(16)10(5-11)6-18-12-2-4-14(19-7-12)21-9-17-8-20-21/h1-5,7-9,18H,6H2. The van der Waals surface area contributed by atoms with Crippen LogP contribution < -0.4 is 5.32 Å². The van der Waals surface area contributed by atoms with Crippen LogP contribution in [0.1, 0.15) is 5.56 Å². The molecule has 0 bridgehead atoms. The van der Waals surface area contributed by atoms with Crippen molar-refractivity contribution in [2.24, 2.45) is 0 Å². The maximum Gasteiger partial charge on any atom is 0.155 e. The Balaban J connectivity index is 1.70. The number of hydrogen-bond donors (Lipinski definition) is 1. The monoisotopic (exact) mass is 363 g/mol. The largest absolute Gasteiger partial charge is 0.380 e. The lowest BCUT2D eigenvalue weighted by Crippen LogP contribution is -2.02. The predicted molar refractivity (Wildman–Crippen MR) is 85.6 cm³/mol. The van der Waals surface area contributed by atoms with E-state index in [1.54, 1.807) is 17.2 Å². The van der Waals surface area contributed by atoms with Gasteiger partial charge in [-0.1, -0.05) is 27.5 Å². The molecule has 3 rings (SSSR count). The Labute approximate surface area is 135 Å². The van der Waals surface area contributed by atoms with Crippen LogP contribution in [-0.2, 0) is 6.54 Å². The lowest BCUT2D eigenvalue weighted by atomic mass is 10.2. The summed E-state index contributed by atoms with van der Waals surface area (Å²) >= 11 is 9.60. The summed E-state index contributed by atoms with van der Waals surface area (Å²) in [7, 11) is 0. The predicted octanol–water partition coefficient (Wildman–Crippen LogP) is 3.69. The van der Waals surface area contributed by atoms with Crippen molar-refractivity contribution in [3.8, 4) is 5.82 Å². The van der Waals surface area contributed by atoms with Gasteiger partial charge in [0.15, 0.2) is 5.82 Å². The summed E-state index contributed by atoms with van der Waals surface area (Å²) < 4.78 is 2.61. The van der Waals surface area contributed by atoms with E-state index in [-0.39, 0.29) is 0 Å². The molecular formula is C14H11BrClN5. The van der Waals surface area contributed by atoms with Gasteiger partial charge in [-0.2, -0.15) is 5.10 Å². The average Bonchev–Trinajstić information content (AvgIpc) is 3.03. The van der Waals surface area contributed by atoms with E-state index >= 15 is 0 Å². The highest BCUT2D eigenvalue weighted by Gasteiger charge is 2.02. The van der Waals surface area contributed by atoms with Crippen molar-refractivity contribution in [2.45, 2.75) is 6.54 Å². The minimum atomic E-state index is 0.628. The highest BCUT2D eigenvalue weighted by Crippen LogP contribution is 2.22. The number of halogens is 2. The number of aromatic nitrogens is 4. The van der Waals surface area contributed by atoms with Crippen LogP contribution in [0.15, 0.2) is 53.7 Å². The lowest BCUT2D eigenvalue weighted by Gasteiger charge is -2.09. The molecule has 5 nitrogen and oxygen atoms in total. The minimum absolute atomic E-state index is 0.628. The number of rotatable bonds is 4. The molecule has 0 aliphatic rings. The molecule has 0 saturated heterocycles. The Hall–Kier alpha value is -1.92. The molecule has 106 valence electrons. The molecule has 0 atom stereocenters. The molecule has 0 fully saturated rings. The third kappa shape index (κ3) is 3.40. The van der Waals surface area contributed by atoms with Crippen LogP contribution in [0.2, 0.25) is 5.02 Å². The molecule has 0 saturated carbocycles. The molecule has 2 heterocycles. The van der Waals surface area contributed by atoms with Crippen molar-refractivity contribution in [3.63, 3.8) is 0 Å². The highest BCUT2D eigenvalue weighted by atomic mass is 79.9. The molecule has 0 aliphatic heterocycles. The van der Waals surface area contributed by atoms with Crippen LogP contribution in [0.3, 0.4) is 0 Å². The van der Waals surface area contributed by atoms with Crippen LogP contribution in [0, 0.1) is 0 Å². The Morgan fingerprint density at radius 3 is 2.86 bits per heavy atom. The van der Waals surface area contributed by atoms with Crippen LogP contribution in [0.4, 0.5) is 5.69 Å². The minimum Gasteiger partial charge on any atom is -0.380 e. The molecule has 0 aliphatic carbocycles. The van der Waals surface area contributed by atoms with Gasteiger partial charge < -0.3 is 5.32 Å². The summed E-state index contributed by atoms with van der Waals surface area (Å²) in [5.74, 6) is 0.721. The quantitative estimate of drug-likeness (QED) is 0.767. The Morgan fingerprint density at radius 1 is 1.24 bits per heavy atom. The van der Waals surface area contributed by atoms with Crippen molar-refractivity contribution < 1.29 is 0 Å². The van der Waals surface area contributed by atoms with Crippen molar-refractivity contribution in [1.29, 1.82) is 0 Å². The summed E-state index contributed by atoms with van der Waals surface area (Å²) in [5, 5.41) is 8.05. The summed E-state index contributed by atoms with van der Waals surface area (Å²) in [4.78, 5) is 8.22. The van der Waals surface area contributed by atoms with Crippen LogP contribution in [0.25, 0.3) is 5.82 Å². The van der Waals surface area contributed by atoms with Gasteiger partial charge in [0, 0.05) is 16.0 Å². The molecule has 0 unspecified atom stereocenters. The molecule has 21 heavy (non-hydrogen) atoms. The molecule has 0 amide bonds. The van der Waals surface area contributed by atoms with Gasteiger partial charge in [0.1, 0.15) is 12.7 Å². The fourth-order valence-corrected chi connectivity index (χ4v) is 2.42. The Morgan fingerprint density at radius 2 is 2.14 bits per heavy atom. The van der Waals surface area contributed by atoms with E-state index in [1.165, 1.54) is 6.33 Å². The number of anilines is 1. The Bertz CT molecular complexity index is 728. The summed E-state index contributed by atoms with van der Waals surface area (Å²) in [6.45, 7) is 0.628. The highest BCUT2D eigenvalue weighted by molar-refractivity contribution is 9.10. The van der Waals surface area contributed by atoms with E-state index in [2.05, 4.69) is 36.3 Å². The first-order valence-electron chi connectivity index (χ1n) is 6.21. The number of hydrogen-bond acceptors (Lipinski definition) is 4. The maximum absolute atomic E-state index is 6.16. The van der Waals surface area contributed by atoms with Gasteiger partial charge in [-0.05, 0) is 35.9 Å². The SMILES string of the molecule is Clc1ccc(Br)cc1CNc1ccc(-n2cncn2)nc1. The van der Waals surface area contributed by atoms with E-state index in [0.717, 1.165) is 26.6 Å². The average molecular weight is 365 g/mol. The van der Waals surface area contributed by atoms with Crippen molar-refractivity contribution in [1.82, 2.24) is 19.7 Å². The van der Waals surface area contributed by atoms with E-state index in [1.807, 2.05) is 30.3 Å². The second-order valence-corrected chi connectivity index (χ2v) is 5.66. The lowest BCUT2D eigenvalue weighted by molar-refractivity contribution is 0.845. The van der Waals surface area contributed by atoms with Gasteiger partial charge in [-0.15, -0.1) is 0 Å². The topological polar surface area (TPSA) is 55.6 Å². The zero-order chi connectivity index (χ0) is 14.7. The second-order valence-electron chi connectivity index (χ2n) is 4.33. The van der Waals surface area contributed by atoms with Crippen molar-refractivity contribution >= 4 is 33.2 Å². The zero-order valence-electron chi connectivity index (χ0n) is 10.9. The Kier molecular flexibility index (Phi) is 4.17. The van der Waals surface area contributed by atoms with Crippen molar-refractivity contribution in [3.05, 3.63) is 64.2 Å². The van der Waals surface area contributed by atoms with Crippen molar-refractivity contribution in [2.75, 3.05) is 5.32 Å². The second kappa shape index (κ2) is 6.24. The van der Waals surface area contributed by atoms with Crippen LogP contribution >= 0.6 is 27.5 Å². The molecule has 1 N–H and O–H groups in total. The zero-order valence-corrected chi connectivity index (χ0v) is 13.2. The molecular weight excluding hydrogens is 354 g/mol. The van der Waals surface area contributed by atoms with Gasteiger partial charge in [0.25, 0.3) is 0 Å². The molecule has 2 aromatic heterocycles. The number of nitrogens with zero attached hydrogens (tertiary/aromatic N) is 4. The summed E-state index contributed by atoms with van der Waals surface area (Å²) in [5.41, 5.74) is 1.93. The van der Waals surface area contributed by atoms with E-state index in [9.17, 15) is 0 Å². The van der Waals surface area contributed by atoms with Gasteiger partial charge in [0.2, 0.25) is 0 Å². The van der Waals surface area contributed by atoms with Gasteiger partial charge in [-0.3, -0.25) is 0 Å². The van der Waals surface area contributed by atoms with E-state index in [0.29, 0.717) is 6.54 Å². The van der Waals surface area contributed by atoms with Gasteiger partial charge in [-0.25, -0.2) is 14.6 Å². The van der Waals surface area contributed by atoms with Crippen LogP contribution in [0.5, 0.6) is 0 Å². The normalized spacial score (nSPS) is 10.6. The first-order valence-corrected chi connectivity index (χ1v) is 7.38. The summed E-state index contributed by atoms with van der Waals surface area (Å²) in [6.07, 6.45) is 4.84. The van der Waals surface area contributed by atoms with Gasteiger partial charge in [0.05, 0.1) is 11.9 Å². The molecule has 0 radical (unpaired) electrons. The third-order valence-corrected chi connectivity index (χ3v) is 3.75. The first-order chi connectivity index (χ1) is 10.2. The van der Waals surface area contributed by atoms with E-state index in [4.69, 9.17) is 11.6 Å². The molecule has 3 aromatic rings. The fourth-order valence-electron chi connectivity index (χ4n) is 1.83. The maximum atomic E-state index is 6.16. The molecule has 7 heteroatoms. The smallest absolute Gasteiger partial charge is 0.155 e. The molecule has 1 aromatic carbocycles. The number of benzene rings is 1. The number of pyridine rings is 1. The summed E-state index contributed by atoms with van der Waals surface area (Å²) in [6, 6.07) is 9.59. The number of nitrogens with one attached hydrogen (secondary N) is 1. The molecule has 0 spiro atoms. The van der Waals surface area contributed by atoms with E-state index < -0.39 is 0 Å². The van der Waals surface area contributed by atoms with Crippen LogP contribution in [-0.4, -0.2) is 19.7 Å². The fraction of sp³-hybridized carbons (Fsp3) is 0.0714. The third-order valence-electron chi connectivity index (χ3n) is 2.89.